The summed E-state index contributed by atoms with van der Waals surface area (Å²) < 4.78 is 26.6. The van der Waals surface area contributed by atoms with E-state index in [9.17, 15) is 18.0 Å². The summed E-state index contributed by atoms with van der Waals surface area (Å²) >= 11 is 0. The molecule has 2 aromatic rings. The number of carboxylic acids is 1. The number of hydrazine groups is 3. The molecule has 3 rings (SSSR count). The fourth-order valence-corrected chi connectivity index (χ4v) is 4.27. The summed E-state index contributed by atoms with van der Waals surface area (Å²) in [7, 11) is -3.86. The lowest BCUT2D eigenvalue weighted by Crippen LogP contribution is -2.62. The molecule has 0 fully saturated rings. The molecule has 31 heavy (non-hydrogen) atoms. The molecule has 10 heteroatoms. The molecule has 166 valence electrons. The number of rotatable bonds is 8. The highest BCUT2D eigenvalue weighted by Crippen LogP contribution is 2.30. The molecule has 0 radical (unpaired) electrons. The maximum absolute atomic E-state index is 13.3. The molecule has 2 aromatic carbocycles. The number of carboxylic acid groups (broad SMARTS) is 1. The first kappa shape index (κ1) is 22.6. The number of hydrogen-bond donors (Lipinski definition) is 2. The second kappa shape index (κ2) is 8.94. The van der Waals surface area contributed by atoms with Crippen molar-refractivity contribution in [1.82, 2.24) is 10.2 Å². The molecular weight excluding hydrogens is 420 g/mol. The third-order valence-electron chi connectivity index (χ3n) is 4.90. The molecule has 0 aromatic heterocycles. The summed E-state index contributed by atoms with van der Waals surface area (Å²) in [5, 5.41) is 11.4. The largest absolute Gasteiger partial charge is 0.481 e. The van der Waals surface area contributed by atoms with Gasteiger partial charge in [0, 0.05) is 13.0 Å². The molecule has 0 spiro atoms. The van der Waals surface area contributed by atoms with Crippen LogP contribution in [0.15, 0.2) is 42.5 Å². The van der Waals surface area contributed by atoms with E-state index in [2.05, 4.69) is 5.43 Å². The molecule has 0 aliphatic carbocycles. The van der Waals surface area contributed by atoms with E-state index < -0.39 is 21.9 Å². The molecule has 1 amide bonds. The third kappa shape index (κ3) is 4.97. The fraction of sp³-hybridized carbons (Fsp3) is 0.333. The van der Waals surface area contributed by atoms with Crippen molar-refractivity contribution in [2.24, 2.45) is 0 Å². The van der Waals surface area contributed by atoms with Gasteiger partial charge < -0.3 is 5.11 Å². The molecule has 0 saturated carbocycles. The lowest BCUT2D eigenvalue weighted by molar-refractivity contribution is -0.137. The van der Waals surface area contributed by atoms with Crippen LogP contribution in [0.4, 0.5) is 11.4 Å². The summed E-state index contributed by atoms with van der Waals surface area (Å²) in [5.74, 6) is -1.41. The van der Waals surface area contributed by atoms with Crippen molar-refractivity contribution < 1.29 is 23.1 Å². The van der Waals surface area contributed by atoms with Gasteiger partial charge in [0.2, 0.25) is 10.0 Å². The number of anilines is 2. The Hall–Kier alpha value is -3.11. The van der Waals surface area contributed by atoms with Gasteiger partial charge in [-0.25, -0.2) is 13.4 Å². The normalized spacial score (nSPS) is 14.2. The molecule has 0 bridgehead atoms. The number of aryl methyl sites for hydroxylation is 2. The number of nitrogens with zero attached hydrogens (tertiary/aromatic N) is 3. The van der Waals surface area contributed by atoms with Crippen LogP contribution in [0.2, 0.25) is 0 Å². The molecular formula is C21H26N4O5S. The SMILES string of the molecule is CCc1ccc(N(N2Nc3cc(C)ccc3C(=O)N2CCCC(=O)O)S(C)(=O)=O)cc1. The number of carbonyl (C=O) groups excluding carboxylic acids is 1. The van der Waals surface area contributed by atoms with Crippen LogP contribution >= 0.6 is 0 Å². The van der Waals surface area contributed by atoms with E-state index in [-0.39, 0.29) is 19.4 Å². The summed E-state index contributed by atoms with van der Waals surface area (Å²) in [4.78, 5) is 24.2. The van der Waals surface area contributed by atoms with E-state index in [1.54, 1.807) is 30.3 Å². The van der Waals surface area contributed by atoms with Crippen molar-refractivity contribution in [2.75, 3.05) is 22.6 Å². The van der Waals surface area contributed by atoms with Crippen molar-refractivity contribution in [2.45, 2.75) is 33.1 Å². The Morgan fingerprint density at radius 3 is 2.42 bits per heavy atom. The van der Waals surface area contributed by atoms with Crippen molar-refractivity contribution >= 4 is 33.3 Å². The van der Waals surface area contributed by atoms with Crippen molar-refractivity contribution in [3.8, 4) is 0 Å². The molecule has 0 unspecified atom stereocenters. The monoisotopic (exact) mass is 446 g/mol. The highest BCUT2D eigenvalue weighted by molar-refractivity contribution is 7.92. The molecule has 0 saturated heterocycles. The number of carbonyl (C=O) groups is 2. The van der Waals surface area contributed by atoms with Gasteiger partial charge in [0.05, 0.1) is 23.2 Å². The topological polar surface area (TPSA) is 110 Å². The quantitative estimate of drug-likeness (QED) is 0.641. The molecule has 0 atom stereocenters. The van der Waals surface area contributed by atoms with E-state index in [1.165, 1.54) is 5.01 Å². The van der Waals surface area contributed by atoms with Gasteiger partial charge in [-0.1, -0.05) is 25.1 Å². The summed E-state index contributed by atoms with van der Waals surface area (Å²) in [6, 6.07) is 12.2. The zero-order chi connectivity index (χ0) is 22.8. The zero-order valence-electron chi connectivity index (χ0n) is 17.7. The first-order valence-electron chi connectivity index (χ1n) is 9.92. The Morgan fingerprint density at radius 1 is 1.16 bits per heavy atom. The number of aliphatic carboxylic acids is 1. The van der Waals surface area contributed by atoms with Crippen LogP contribution in [-0.2, 0) is 21.2 Å². The minimum Gasteiger partial charge on any atom is -0.481 e. The van der Waals surface area contributed by atoms with Crippen LogP contribution in [-0.4, -0.2) is 48.4 Å². The van der Waals surface area contributed by atoms with Crippen molar-refractivity contribution in [3.05, 3.63) is 59.2 Å². The Labute approximate surface area is 181 Å². The molecule has 1 aliphatic rings. The van der Waals surface area contributed by atoms with Crippen LogP contribution in [0.25, 0.3) is 0 Å². The highest BCUT2D eigenvalue weighted by atomic mass is 32.2. The van der Waals surface area contributed by atoms with Crippen LogP contribution in [0.5, 0.6) is 0 Å². The van der Waals surface area contributed by atoms with Crippen LogP contribution in [0.3, 0.4) is 0 Å². The third-order valence-corrected chi connectivity index (χ3v) is 5.90. The molecule has 9 nitrogen and oxygen atoms in total. The van der Waals surface area contributed by atoms with Crippen LogP contribution < -0.4 is 9.84 Å². The number of nitrogens with one attached hydrogen (secondary N) is 1. The standard InChI is InChI=1S/C21H26N4O5S/c1-4-16-8-10-17(11-9-16)24(31(3,29)30)25-22-19-14-15(2)7-12-18(19)21(28)23(25)13-5-6-20(26)27/h7-12,14,22H,4-6,13H2,1-3H3,(H,26,27). The van der Waals surface area contributed by atoms with E-state index in [4.69, 9.17) is 5.11 Å². The average molecular weight is 447 g/mol. The maximum Gasteiger partial charge on any atom is 0.303 e. The maximum atomic E-state index is 13.3. The Balaban J connectivity index is 2.08. The lowest BCUT2D eigenvalue weighted by atomic mass is 10.1. The van der Waals surface area contributed by atoms with Gasteiger partial charge in [0.1, 0.15) is 0 Å². The van der Waals surface area contributed by atoms with Gasteiger partial charge >= 0.3 is 5.97 Å². The first-order valence-corrected chi connectivity index (χ1v) is 11.8. The van der Waals surface area contributed by atoms with Crippen LogP contribution in [0.1, 0.15) is 41.3 Å². The van der Waals surface area contributed by atoms with Gasteiger partial charge in [-0.05, 0) is 60.4 Å². The second-order valence-electron chi connectivity index (χ2n) is 7.40. The average Bonchev–Trinajstić information content (AvgIpc) is 2.69. The van der Waals surface area contributed by atoms with Crippen molar-refractivity contribution in [1.29, 1.82) is 0 Å². The number of benzene rings is 2. The minimum absolute atomic E-state index is 0.0184. The smallest absolute Gasteiger partial charge is 0.303 e. The van der Waals surface area contributed by atoms with E-state index in [0.717, 1.165) is 33.4 Å². The Bertz CT molecular complexity index is 1090. The van der Waals surface area contributed by atoms with Gasteiger partial charge in [0.25, 0.3) is 5.91 Å². The minimum atomic E-state index is -3.86. The van der Waals surface area contributed by atoms with Gasteiger partial charge in [-0.15, -0.1) is 0 Å². The predicted octanol–water partition coefficient (Wildman–Crippen LogP) is 2.80. The summed E-state index contributed by atoms with van der Waals surface area (Å²) in [5.41, 5.74) is 6.17. The Morgan fingerprint density at radius 2 is 1.84 bits per heavy atom. The Kier molecular flexibility index (Phi) is 6.51. The molecule has 1 aliphatic heterocycles. The van der Waals surface area contributed by atoms with E-state index >= 15 is 0 Å². The van der Waals surface area contributed by atoms with Crippen molar-refractivity contribution in [3.63, 3.8) is 0 Å². The fourth-order valence-electron chi connectivity index (χ4n) is 3.35. The predicted molar refractivity (Wildman–Crippen MR) is 118 cm³/mol. The van der Waals surface area contributed by atoms with E-state index in [1.807, 2.05) is 26.0 Å². The first-order chi connectivity index (χ1) is 14.6. The number of fused-ring (bicyclic) bond motifs is 1. The van der Waals surface area contributed by atoms with Gasteiger partial charge in [-0.3, -0.25) is 15.0 Å². The number of sulfonamides is 1. The summed E-state index contributed by atoms with van der Waals surface area (Å²) in [6.45, 7) is 3.88. The van der Waals surface area contributed by atoms with Crippen LogP contribution in [0, 0.1) is 6.92 Å². The number of hydrogen-bond acceptors (Lipinski definition) is 6. The lowest BCUT2D eigenvalue weighted by Gasteiger charge is -2.44. The zero-order valence-corrected chi connectivity index (χ0v) is 18.5. The molecule has 2 N–H and O–H groups in total. The van der Waals surface area contributed by atoms with Gasteiger partial charge in [0.15, 0.2) is 0 Å². The number of amides is 1. The van der Waals surface area contributed by atoms with E-state index in [0.29, 0.717) is 16.9 Å². The highest BCUT2D eigenvalue weighted by Gasteiger charge is 2.38. The summed E-state index contributed by atoms with van der Waals surface area (Å²) in [6.07, 6.45) is 1.86. The second-order valence-corrected chi connectivity index (χ2v) is 9.21. The van der Waals surface area contributed by atoms with Gasteiger partial charge in [-0.2, -0.15) is 4.41 Å². The molecule has 1 heterocycles.